The van der Waals surface area contributed by atoms with E-state index in [-0.39, 0.29) is 6.42 Å². The molecule has 0 saturated carbocycles. The van der Waals surface area contributed by atoms with Crippen LogP contribution in [0.1, 0.15) is 50.3 Å². The quantitative estimate of drug-likeness (QED) is 0.865. The molecule has 1 atom stereocenters. The molecule has 1 aliphatic carbocycles. The number of carboxylic acids is 1. The van der Waals surface area contributed by atoms with E-state index >= 15 is 0 Å². The smallest absolute Gasteiger partial charge is 0.303 e. The standard InChI is InChI=1S/C16H22ClNO2/c1-11(2)18(9-3-4-16(19)20)15-8-5-12-10-13(17)6-7-14(12)15/h6-7,10-11,15H,3-5,8-9H2,1-2H3,(H,19,20). The van der Waals surface area contributed by atoms with Gasteiger partial charge in [0, 0.05) is 23.5 Å². The third-order valence-corrected chi connectivity index (χ3v) is 4.26. The van der Waals surface area contributed by atoms with Crippen LogP contribution < -0.4 is 0 Å². The first kappa shape index (κ1) is 15.3. The third kappa shape index (κ3) is 3.53. The van der Waals surface area contributed by atoms with Crippen LogP contribution in [0.2, 0.25) is 5.02 Å². The van der Waals surface area contributed by atoms with Crippen LogP contribution >= 0.6 is 11.6 Å². The lowest BCUT2D eigenvalue weighted by Crippen LogP contribution is -2.35. The lowest BCUT2D eigenvalue weighted by Gasteiger charge is -2.33. The number of aryl methyl sites for hydroxylation is 1. The fraction of sp³-hybridized carbons (Fsp3) is 0.562. The normalized spacial score (nSPS) is 17.8. The van der Waals surface area contributed by atoms with Crippen LogP contribution in [0.4, 0.5) is 0 Å². The molecular formula is C16H22ClNO2. The Hall–Kier alpha value is -1.06. The zero-order chi connectivity index (χ0) is 14.7. The molecule has 0 aromatic heterocycles. The molecule has 110 valence electrons. The van der Waals surface area contributed by atoms with Crippen LogP contribution in [0.15, 0.2) is 18.2 Å². The summed E-state index contributed by atoms with van der Waals surface area (Å²) < 4.78 is 0. The molecule has 2 rings (SSSR count). The van der Waals surface area contributed by atoms with E-state index in [1.807, 2.05) is 6.07 Å². The molecule has 1 aromatic rings. The molecule has 0 fully saturated rings. The van der Waals surface area contributed by atoms with Crippen molar-refractivity contribution >= 4 is 17.6 Å². The third-order valence-electron chi connectivity index (χ3n) is 4.02. The van der Waals surface area contributed by atoms with E-state index in [1.165, 1.54) is 11.1 Å². The van der Waals surface area contributed by atoms with Crippen molar-refractivity contribution in [2.45, 2.75) is 51.6 Å². The Balaban J connectivity index is 2.10. The number of rotatable bonds is 6. The van der Waals surface area contributed by atoms with Crippen LogP contribution in [-0.4, -0.2) is 28.6 Å². The molecule has 0 radical (unpaired) electrons. The lowest BCUT2D eigenvalue weighted by molar-refractivity contribution is -0.137. The van der Waals surface area contributed by atoms with Crippen molar-refractivity contribution in [2.75, 3.05) is 6.54 Å². The Labute approximate surface area is 125 Å². The van der Waals surface area contributed by atoms with Gasteiger partial charge in [0.15, 0.2) is 0 Å². The maximum absolute atomic E-state index is 10.7. The van der Waals surface area contributed by atoms with E-state index in [9.17, 15) is 4.79 Å². The second-order valence-electron chi connectivity index (χ2n) is 5.73. The van der Waals surface area contributed by atoms with Gasteiger partial charge in [0.05, 0.1) is 0 Å². The van der Waals surface area contributed by atoms with Gasteiger partial charge in [-0.15, -0.1) is 0 Å². The largest absolute Gasteiger partial charge is 0.481 e. The van der Waals surface area contributed by atoms with Crippen LogP contribution in [0, 0.1) is 0 Å². The van der Waals surface area contributed by atoms with Crippen LogP contribution in [0.3, 0.4) is 0 Å². The van der Waals surface area contributed by atoms with E-state index in [0.29, 0.717) is 18.5 Å². The van der Waals surface area contributed by atoms with Crippen molar-refractivity contribution in [3.63, 3.8) is 0 Å². The van der Waals surface area contributed by atoms with Gasteiger partial charge >= 0.3 is 5.97 Å². The fourth-order valence-corrected chi connectivity index (χ4v) is 3.29. The number of benzene rings is 1. The zero-order valence-electron chi connectivity index (χ0n) is 12.1. The summed E-state index contributed by atoms with van der Waals surface area (Å²) in [6.45, 7) is 5.18. The summed E-state index contributed by atoms with van der Waals surface area (Å²) in [7, 11) is 0. The summed E-state index contributed by atoms with van der Waals surface area (Å²) in [6, 6.07) is 6.95. The number of aliphatic carboxylic acids is 1. The predicted octanol–water partition coefficient (Wildman–Crippen LogP) is 3.90. The van der Waals surface area contributed by atoms with Gasteiger partial charge in [0.1, 0.15) is 0 Å². The number of carbonyl (C=O) groups is 1. The molecule has 0 spiro atoms. The topological polar surface area (TPSA) is 40.5 Å². The number of hydrogen-bond acceptors (Lipinski definition) is 2. The summed E-state index contributed by atoms with van der Waals surface area (Å²) in [5, 5.41) is 9.58. The van der Waals surface area contributed by atoms with Crippen LogP contribution in [-0.2, 0) is 11.2 Å². The first-order valence-electron chi connectivity index (χ1n) is 7.25. The zero-order valence-corrected chi connectivity index (χ0v) is 12.9. The maximum atomic E-state index is 10.7. The summed E-state index contributed by atoms with van der Waals surface area (Å²) >= 11 is 6.05. The Morgan fingerprint density at radius 1 is 1.50 bits per heavy atom. The highest BCUT2D eigenvalue weighted by Gasteiger charge is 2.29. The van der Waals surface area contributed by atoms with E-state index < -0.39 is 5.97 Å². The summed E-state index contributed by atoms with van der Waals surface area (Å²) in [5.41, 5.74) is 2.70. The molecular weight excluding hydrogens is 274 g/mol. The van der Waals surface area contributed by atoms with E-state index in [2.05, 4.69) is 30.9 Å². The van der Waals surface area contributed by atoms with Gasteiger partial charge in [-0.3, -0.25) is 9.69 Å². The molecule has 3 nitrogen and oxygen atoms in total. The molecule has 1 unspecified atom stereocenters. The number of carboxylic acid groups (broad SMARTS) is 1. The first-order valence-corrected chi connectivity index (χ1v) is 7.62. The molecule has 0 amide bonds. The van der Waals surface area contributed by atoms with Gasteiger partial charge in [-0.1, -0.05) is 17.7 Å². The number of fused-ring (bicyclic) bond motifs is 1. The highest BCUT2D eigenvalue weighted by Crippen LogP contribution is 2.38. The minimum absolute atomic E-state index is 0.239. The highest BCUT2D eigenvalue weighted by molar-refractivity contribution is 6.30. The molecule has 4 heteroatoms. The number of halogens is 1. The van der Waals surface area contributed by atoms with Gasteiger partial charge in [0.25, 0.3) is 0 Å². The Bertz CT molecular complexity index is 487. The van der Waals surface area contributed by atoms with E-state index in [0.717, 1.165) is 24.4 Å². The number of hydrogen-bond donors (Lipinski definition) is 1. The molecule has 20 heavy (non-hydrogen) atoms. The van der Waals surface area contributed by atoms with Crippen molar-refractivity contribution in [1.82, 2.24) is 4.90 Å². The second-order valence-corrected chi connectivity index (χ2v) is 6.16. The second kappa shape index (κ2) is 6.59. The molecule has 1 aromatic carbocycles. The van der Waals surface area contributed by atoms with E-state index in [4.69, 9.17) is 16.7 Å². The Kier molecular flexibility index (Phi) is 5.06. The summed E-state index contributed by atoms with van der Waals surface area (Å²) in [4.78, 5) is 13.1. The summed E-state index contributed by atoms with van der Waals surface area (Å²) in [5.74, 6) is -0.715. The number of nitrogens with zero attached hydrogens (tertiary/aromatic N) is 1. The first-order chi connectivity index (χ1) is 9.49. The van der Waals surface area contributed by atoms with Crippen molar-refractivity contribution in [3.05, 3.63) is 34.3 Å². The minimum atomic E-state index is -0.715. The van der Waals surface area contributed by atoms with E-state index in [1.54, 1.807) is 0 Å². The van der Waals surface area contributed by atoms with Crippen molar-refractivity contribution < 1.29 is 9.90 Å². The minimum Gasteiger partial charge on any atom is -0.481 e. The maximum Gasteiger partial charge on any atom is 0.303 e. The molecule has 0 saturated heterocycles. The van der Waals surface area contributed by atoms with Gasteiger partial charge < -0.3 is 5.11 Å². The monoisotopic (exact) mass is 295 g/mol. The molecule has 0 aliphatic heterocycles. The molecule has 0 bridgehead atoms. The van der Waals surface area contributed by atoms with Crippen LogP contribution in [0.5, 0.6) is 0 Å². The summed E-state index contributed by atoms with van der Waals surface area (Å²) in [6.07, 6.45) is 3.10. The molecule has 1 aliphatic rings. The Morgan fingerprint density at radius 2 is 2.25 bits per heavy atom. The van der Waals surface area contributed by atoms with Crippen molar-refractivity contribution in [1.29, 1.82) is 0 Å². The fourth-order valence-electron chi connectivity index (χ4n) is 3.09. The van der Waals surface area contributed by atoms with Gasteiger partial charge in [-0.05, 0) is 62.9 Å². The lowest BCUT2D eigenvalue weighted by atomic mass is 10.0. The van der Waals surface area contributed by atoms with Gasteiger partial charge in [0.2, 0.25) is 0 Å². The van der Waals surface area contributed by atoms with Crippen molar-refractivity contribution in [2.24, 2.45) is 0 Å². The SMILES string of the molecule is CC(C)N(CCCC(=O)O)C1CCc2cc(Cl)ccc21. The van der Waals surface area contributed by atoms with Crippen LogP contribution in [0.25, 0.3) is 0 Å². The van der Waals surface area contributed by atoms with Gasteiger partial charge in [-0.25, -0.2) is 0 Å². The molecule has 0 heterocycles. The highest BCUT2D eigenvalue weighted by atomic mass is 35.5. The van der Waals surface area contributed by atoms with Gasteiger partial charge in [-0.2, -0.15) is 0 Å². The average molecular weight is 296 g/mol. The average Bonchev–Trinajstić information content (AvgIpc) is 2.76. The van der Waals surface area contributed by atoms with Crippen molar-refractivity contribution in [3.8, 4) is 0 Å². The predicted molar refractivity (Wildman–Crippen MR) is 81.2 cm³/mol. The molecule has 1 N–H and O–H groups in total. The Morgan fingerprint density at radius 3 is 2.90 bits per heavy atom.